The van der Waals surface area contributed by atoms with Crippen LogP contribution in [0.4, 0.5) is 0 Å². The van der Waals surface area contributed by atoms with E-state index >= 15 is 0 Å². The van der Waals surface area contributed by atoms with Crippen molar-refractivity contribution in [3.8, 4) is 0 Å². The van der Waals surface area contributed by atoms with Crippen molar-refractivity contribution in [2.24, 2.45) is 5.10 Å². The molecule has 2 nitrogen and oxygen atoms in total. The largest absolute Gasteiger partial charge is 0.310 e. The fourth-order valence-electron chi connectivity index (χ4n) is 0.680. The van der Waals surface area contributed by atoms with Gasteiger partial charge >= 0.3 is 0 Å². The molecule has 0 aliphatic carbocycles. The smallest absolute Gasteiger partial charge is 0.0566 e. The first kappa shape index (κ1) is 10.2. The molecule has 0 saturated carbocycles. The van der Waals surface area contributed by atoms with E-state index in [0.717, 1.165) is 12.3 Å². The zero-order chi connectivity index (χ0) is 8.53. The fraction of sp³-hybridized carbons (Fsp3) is 0.667. The van der Waals surface area contributed by atoms with Crippen LogP contribution in [0.2, 0.25) is 0 Å². The molecule has 0 heterocycles. The number of hydrogen-bond acceptors (Lipinski definition) is 2. The molecule has 0 aliphatic rings. The molecule has 0 saturated heterocycles. The number of hydrogen-bond donors (Lipinski definition) is 1. The van der Waals surface area contributed by atoms with Gasteiger partial charge in [0.15, 0.2) is 0 Å². The third-order valence-electron chi connectivity index (χ3n) is 1.44. The molecule has 64 valence electrons. The third-order valence-corrected chi connectivity index (χ3v) is 1.44. The molecule has 0 fully saturated rings. The SMILES string of the molecule is C=CC(C)=NNCCCCC. The van der Waals surface area contributed by atoms with Crippen molar-refractivity contribution >= 4 is 5.71 Å². The summed E-state index contributed by atoms with van der Waals surface area (Å²) in [6.45, 7) is 8.70. The minimum atomic E-state index is 0.946. The number of unbranched alkanes of at least 4 members (excludes halogenated alkanes) is 2. The zero-order valence-electron chi connectivity index (χ0n) is 7.56. The van der Waals surface area contributed by atoms with Gasteiger partial charge in [-0.2, -0.15) is 5.10 Å². The maximum absolute atomic E-state index is 4.06. The van der Waals surface area contributed by atoms with E-state index in [4.69, 9.17) is 0 Å². The number of rotatable bonds is 6. The lowest BCUT2D eigenvalue weighted by Crippen LogP contribution is -2.09. The summed E-state index contributed by atoms with van der Waals surface area (Å²) in [4.78, 5) is 0. The molecule has 0 aromatic rings. The second kappa shape index (κ2) is 7.32. The Morgan fingerprint density at radius 1 is 1.55 bits per heavy atom. The van der Waals surface area contributed by atoms with Crippen molar-refractivity contribution in [3.05, 3.63) is 12.7 Å². The third kappa shape index (κ3) is 7.10. The molecule has 0 rings (SSSR count). The van der Waals surface area contributed by atoms with E-state index in [1.54, 1.807) is 6.08 Å². The normalized spacial score (nSPS) is 11.3. The Morgan fingerprint density at radius 3 is 2.82 bits per heavy atom. The molecule has 0 amide bonds. The van der Waals surface area contributed by atoms with Crippen molar-refractivity contribution in [3.63, 3.8) is 0 Å². The van der Waals surface area contributed by atoms with Crippen LogP contribution in [-0.4, -0.2) is 12.3 Å². The lowest BCUT2D eigenvalue weighted by molar-refractivity contribution is 0.639. The highest BCUT2D eigenvalue weighted by Gasteiger charge is 1.83. The van der Waals surface area contributed by atoms with Crippen molar-refractivity contribution in [1.29, 1.82) is 0 Å². The summed E-state index contributed by atoms with van der Waals surface area (Å²) < 4.78 is 0. The molecule has 0 aromatic carbocycles. The predicted molar refractivity (Wildman–Crippen MR) is 50.8 cm³/mol. The first-order valence-electron chi connectivity index (χ1n) is 4.20. The van der Waals surface area contributed by atoms with Crippen molar-refractivity contribution in [2.45, 2.75) is 33.1 Å². The monoisotopic (exact) mass is 154 g/mol. The lowest BCUT2D eigenvalue weighted by atomic mass is 10.2. The first-order valence-corrected chi connectivity index (χ1v) is 4.20. The highest BCUT2D eigenvalue weighted by molar-refractivity contribution is 5.91. The van der Waals surface area contributed by atoms with Gasteiger partial charge in [-0.05, 0) is 19.4 Å². The van der Waals surface area contributed by atoms with Crippen LogP contribution in [0, 0.1) is 0 Å². The average molecular weight is 154 g/mol. The van der Waals surface area contributed by atoms with Gasteiger partial charge in [0.25, 0.3) is 0 Å². The Hall–Kier alpha value is -0.790. The van der Waals surface area contributed by atoms with Gasteiger partial charge in [0.1, 0.15) is 0 Å². The van der Waals surface area contributed by atoms with Crippen LogP contribution in [0.3, 0.4) is 0 Å². The molecule has 1 N–H and O–H groups in total. The fourth-order valence-corrected chi connectivity index (χ4v) is 0.680. The van der Waals surface area contributed by atoms with Crippen molar-refractivity contribution in [2.75, 3.05) is 6.54 Å². The molecule has 0 radical (unpaired) electrons. The van der Waals surface area contributed by atoms with Crippen LogP contribution >= 0.6 is 0 Å². The van der Waals surface area contributed by atoms with Gasteiger partial charge in [0, 0.05) is 6.54 Å². The molecule has 0 aromatic heterocycles. The summed E-state index contributed by atoms with van der Waals surface area (Å²) in [6, 6.07) is 0. The van der Waals surface area contributed by atoms with Crippen LogP contribution in [-0.2, 0) is 0 Å². The van der Waals surface area contributed by atoms with E-state index < -0.39 is 0 Å². The molecule has 2 heteroatoms. The Kier molecular flexibility index (Phi) is 6.79. The summed E-state index contributed by atoms with van der Waals surface area (Å²) in [6.07, 6.45) is 5.47. The van der Waals surface area contributed by atoms with E-state index in [2.05, 4.69) is 24.0 Å². The second-order valence-corrected chi connectivity index (χ2v) is 2.57. The highest BCUT2D eigenvalue weighted by atomic mass is 15.3. The van der Waals surface area contributed by atoms with Gasteiger partial charge in [0.05, 0.1) is 5.71 Å². The average Bonchev–Trinajstić information content (AvgIpc) is 2.04. The summed E-state index contributed by atoms with van der Waals surface area (Å²) in [5, 5.41) is 4.06. The number of nitrogens with zero attached hydrogens (tertiary/aromatic N) is 1. The van der Waals surface area contributed by atoms with Gasteiger partial charge in [-0.3, -0.25) is 0 Å². The van der Waals surface area contributed by atoms with E-state index in [-0.39, 0.29) is 0 Å². The molecule has 11 heavy (non-hydrogen) atoms. The minimum Gasteiger partial charge on any atom is -0.310 e. The Morgan fingerprint density at radius 2 is 2.27 bits per heavy atom. The molecule has 0 bridgehead atoms. The Balaban J connectivity index is 3.19. The van der Waals surface area contributed by atoms with Gasteiger partial charge < -0.3 is 5.43 Å². The zero-order valence-corrected chi connectivity index (χ0v) is 7.56. The molecule has 0 unspecified atom stereocenters. The standard InChI is InChI=1S/C9H18N2/c1-4-6-7-8-10-11-9(3)5-2/h5,10H,2,4,6-8H2,1,3H3. The van der Waals surface area contributed by atoms with E-state index in [0.29, 0.717) is 0 Å². The summed E-state index contributed by atoms with van der Waals surface area (Å²) >= 11 is 0. The van der Waals surface area contributed by atoms with E-state index in [1.165, 1.54) is 19.3 Å². The van der Waals surface area contributed by atoms with Crippen molar-refractivity contribution < 1.29 is 0 Å². The van der Waals surface area contributed by atoms with Gasteiger partial charge in [0.2, 0.25) is 0 Å². The minimum absolute atomic E-state index is 0.946. The van der Waals surface area contributed by atoms with Gasteiger partial charge in [-0.25, -0.2) is 0 Å². The molecular formula is C9H18N2. The summed E-state index contributed by atoms with van der Waals surface area (Å²) in [5.41, 5.74) is 3.93. The van der Waals surface area contributed by atoms with Crippen LogP contribution in [0.25, 0.3) is 0 Å². The second-order valence-electron chi connectivity index (χ2n) is 2.57. The molecule has 0 aliphatic heterocycles. The molecule has 0 atom stereocenters. The number of nitrogens with one attached hydrogen (secondary N) is 1. The van der Waals surface area contributed by atoms with Crippen LogP contribution in [0.15, 0.2) is 17.8 Å². The Labute approximate surface area is 69.4 Å². The van der Waals surface area contributed by atoms with Crippen molar-refractivity contribution in [1.82, 2.24) is 5.43 Å². The topological polar surface area (TPSA) is 24.4 Å². The molecular weight excluding hydrogens is 136 g/mol. The number of allylic oxidation sites excluding steroid dienone is 1. The predicted octanol–water partition coefficient (Wildman–Crippen LogP) is 2.33. The van der Waals surface area contributed by atoms with Crippen LogP contribution in [0.5, 0.6) is 0 Å². The lowest BCUT2D eigenvalue weighted by Gasteiger charge is -1.98. The Bertz CT molecular complexity index is 128. The maximum Gasteiger partial charge on any atom is 0.0566 e. The highest BCUT2D eigenvalue weighted by Crippen LogP contribution is 1.90. The quantitative estimate of drug-likeness (QED) is 0.354. The summed E-state index contributed by atoms with van der Waals surface area (Å²) in [7, 11) is 0. The van der Waals surface area contributed by atoms with Gasteiger partial charge in [-0.1, -0.05) is 26.3 Å². The van der Waals surface area contributed by atoms with E-state index in [1.807, 2.05) is 6.92 Å². The number of hydrazone groups is 1. The van der Waals surface area contributed by atoms with Crippen LogP contribution < -0.4 is 5.43 Å². The maximum atomic E-state index is 4.06. The first-order chi connectivity index (χ1) is 5.31. The van der Waals surface area contributed by atoms with Crippen LogP contribution in [0.1, 0.15) is 33.1 Å². The summed E-state index contributed by atoms with van der Waals surface area (Å²) in [5.74, 6) is 0. The van der Waals surface area contributed by atoms with Gasteiger partial charge in [-0.15, -0.1) is 0 Å². The van der Waals surface area contributed by atoms with E-state index in [9.17, 15) is 0 Å². The molecule has 0 spiro atoms.